The predicted octanol–water partition coefficient (Wildman–Crippen LogP) is 2.22. The van der Waals surface area contributed by atoms with Crippen LogP contribution >= 0.6 is 11.3 Å². The number of nitrogens with two attached hydrogens (primary N) is 1. The van der Waals surface area contributed by atoms with Gasteiger partial charge in [-0.3, -0.25) is 9.78 Å². The lowest BCUT2D eigenvalue weighted by atomic mass is 9.93. The minimum Gasteiger partial charge on any atom is -0.382 e. The van der Waals surface area contributed by atoms with Gasteiger partial charge < -0.3 is 10.6 Å². The molecule has 1 unspecified atom stereocenters. The molecule has 2 aromatic heterocycles. The Kier molecular flexibility index (Phi) is 4.15. The number of carbonyl (C=O) groups is 1. The Balaban J connectivity index is 1.66. The molecule has 6 heteroatoms. The quantitative estimate of drug-likeness (QED) is 0.943. The Hall–Kier alpha value is -1.95. The number of amides is 1. The number of carbonyl (C=O) groups excluding carboxylic acids is 1. The van der Waals surface area contributed by atoms with E-state index in [1.807, 2.05) is 21.7 Å². The van der Waals surface area contributed by atoms with Crippen LogP contribution in [0.4, 0.5) is 5.82 Å². The Labute approximate surface area is 127 Å². The van der Waals surface area contributed by atoms with Crippen molar-refractivity contribution in [3.63, 3.8) is 0 Å². The molecule has 1 aliphatic heterocycles. The molecule has 1 saturated heterocycles. The van der Waals surface area contributed by atoms with E-state index < -0.39 is 0 Å². The molecule has 0 spiro atoms. The lowest BCUT2D eigenvalue weighted by molar-refractivity contribution is 0.0673. The number of nitrogens with zero attached hydrogens (tertiary/aromatic N) is 3. The van der Waals surface area contributed by atoms with Gasteiger partial charge in [0.15, 0.2) is 0 Å². The molecule has 3 heterocycles. The molecule has 21 heavy (non-hydrogen) atoms. The van der Waals surface area contributed by atoms with Crippen LogP contribution in [0.1, 0.15) is 28.9 Å². The molecule has 5 nitrogen and oxygen atoms in total. The minimum atomic E-state index is 0.132. The number of anilines is 1. The highest BCUT2D eigenvalue weighted by molar-refractivity contribution is 7.08. The second kappa shape index (κ2) is 6.22. The molecular weight excluding hydrogens is 284 g/mol. The van der Waals surface area contributed by atoms with Crippen molar-refractivity contribution in [1.82, 2.24) is 14.9 Å². The molecule has 2 aromatic rings. The van der Waals surface area contributed by atoms with E-state index >= 15 is 0 Å². The Morgan fingerprint density at radius 1 is 1.43 bits per heavy atom. The van der Waals surface area contributed by atoms with Gasteiger partial charge in [0.25, 0.3) is 5.91 Å². The van der Waals surface area contributed by atoms with Crippen molar-refractivity contribution in [1.29, 1.82) is 0 Å². The normalized spacial score (nSPS) is 18.7. The van der Waals surface area contributed by atoms with Gasteiger partial charge in [-0.2, -0.15) is 11.3 Å². The van der Waals surface area contributed by atoms with Gasteiger partial charge in [-0.05, 0) is 36.6 Å². The van der Waals surface area contributed by atoms with E-state index in [0.29, 0.717) is 11.7 Å². The number of hydrogen-bond donors (Lipinski definition) is 1. The van der Waals surface area contributed by atoms with Crippen molar-refractivity contribution in [2.24, 2.45) is 5.92 Å². The SMILES string of the molecule is Nc1nccnc1CC1CCCN(C(=O)c2ccsc2)C1. The van der Waals surface area contributed by atoms with Gasteiger partial charge in [0.05, 0.1) is 11.3 Å². The van der Waals surface area contributed by atoms with E-state index in [-0.39, 0.29) is 5.91 Å². The van der Waals surface area contributed by atoms with Gasteiger partial charge in [0, 0.05) is 30.9 Å². The predicted molar refractivity (Wildman–Crippen MR) is 83.1 cm³/mol. The molecule has 0 bridgehead atoms. The van der Waals surface area contributed by atoms with Gasteiger partial charge in [-0.1, -0.05) is 0 Å². The van der Waals surface area contributed by atoms with E-state index in [1.165, 1.54) is 0 Å². The molecule has 3 rings (SSSR count). The minimum absolute atomic E-state index is 0.132. The average Bonchev–Trinajstić information content (AvgIpc) is 3.03. The molecule has 1 atom stereocenters. The number of piperidine rings is 1. The van der Waals surface area contributed by atoms with Gasteiger partial charge in [0.2, 0.25) is 0 Å². The molecule has 2 N–H and O–H groups in total. The highest BCUT2D eigenvalue weighted by atomic mass is 32.1. The first-order valence-corrected chi connectivity index (χ1v) is 8.05. The maximum Gasteiger partial charge on any atom is 0.254 e. The second-order valence-corrected chi connectivity index (χ2v) is 6.14. The van der Waals surface area contributed by atoms with Gasteiger partial charge >= 0.3 is 0 Å². The third-order valence-electron chi connectivity index (χ3n) is 3.86. The zero-order chi connectivity index (χ0) is 14.7. The van der Waals surface area contributed by atoms with Crippen LogP contribution in [-0.4, -0.2) is 33.9 Å². The number of likely N-dealkylation sites (tertiary alicyclic amines) is 1. The summed E-state index contributed by atoms with van der Waals surface area (Å²) >= 11 is 1.55. The number of nitrogen functional groups attached to an aromatic ring is 1. The largest absolute Gasteiger partial charge is 0.382 e. The van der Waals surface area contributed by atoms with Gasteiger partial charge in [0.1, 0.15) is 5.82 Å². The van der Waals surface area contributed by atoms with Crippen LogP contribution < -0.4 is 5.73 Å². The maximum absolute atomic E-state index is 12.4. The summed E-state index contributed by atoms with van der Waals surface area (Å²) in [5, 5.41) is 3.85. The van der Waals surface area contributed by atoms with Crippen LogP contribution in [0.3, 0.4) is 0 Å². The first-order chi connectivity index (χ1) is 10.2. The van der Waals surface area contributed by atoms with Crippen molar-refractivity contribution >= 4 is 23.1 Å². The molecule has 1 amide bonds. The monoisotopic (exact) mass is 302 g/mol. The lowest BCUT2D eigenvalue weighted by Crippen LogP contribution is -2.40. The van der Waals surface area contributed by atoms with Crippen LogP contribution in [0.5, 0.6) is 0 Å². The molecule has 0 aliphatic carbocycles. The summed E-state index contributed by atoms with van der Waals surface area (Å²) in [6.45, 7) is 1.60. The molecular formula is C15H18N4OS. The summed E-state index contributed by atoms with van der Waals surface area (Å²) < 4.78 is 0. The van der Waals surface area contributed by atoms with Gasteiger partial charge in [-0.25, -0.2) is 4.98 Å². The topological polar surface area (TPSA) is 72.1 Å². The molecule has 1 aliphatic rings. The second-order valence-electron chi connectivity index (χ2n) is 5.36. The maximum atomic E-state index is 12.4. The summed E-state index contributed by atoms with van der Waals surface area (Å²) in [4.78, 5) is 22.7. The van der Waals surface area contributed by atoms with E-state index in [0.717, 1.165) is 43.6 Å². The van der Waals surface area contributed by atoms with E-state index in [9.17, 15) is 4.79 Å². The summed E-state index contributed by atoms with van der Waals surface area (Å²) in [5.74, 6) is 1.03. The number of thiophene rings is 1. The van der Waals surface area contributed by atoms with Crippen LogP contribution in [0.2, 0.25) is 0 Å². The van der Waals surface area contributed by atoms with E-state index in [4.69, 9.17) is 5.73 Å². The number of aromatic nitrogens is 2. The molecule has 1 fully saturated rings. The fourth-order valence-corrected chi connectivity index (χ4v) is 3.42. The van der Waals surface area contributed by atoms with Crippen LogP contribution in [-0.2, 0) is 6.42 Å². The summed E-state index contributed by atoms with van der Waals surface area (Å²) in [5.41, 5.74) is 7.49. The Morgan fingerprint density at radius 2 is 2.29 bits per heavy atom. The average molecular weight is 302 g/mol. The van der Waals surface area contributed by atoms with E-state index in [2.05, 4.69) is 9.97 Å². The van der Waals surface area contributed by atoms with Crippen LogP contribution in [0, 0.1) is 5.92 Å². The first kappa shape index (κ1) is 14.0. The summed E-state index contributed by atoms with van der Waals surface area (Å²) in [6.07, 6.45) is 6.19. The van der Waals surface area contributed by atoms with Crippen molar-refractivity contribution in [2.45, 2.75) is 19.3 Å². The smallest absolute Gasteiger partial charge is 0.254 e. The first-order valence-electron chi connectivity index (χ1n) is 7.11. The lowest BCUT2D eigenvalue weighted by Gasteiger charge is -2.32. The van der Waals surface area contributed by atoms with Gasteiger partial charge in [-0.15, -0.1) is 0 Å². The van der Waals surface area contributed by atoms with Crippen molar-refractivity contribution in [3.05, 3.63) is 40.5 Å². The van der Waals surface area contributed by atoms with Crippen molar-refractivity contribution < 1.29 is 4.79 Å². The van der Waals surface area contributed by atoms with Crippen molar-refractivity contribution in [3.8, 4) is 0 Å². The third kappa shape index (κ3) is 3.21. The van der Waals surface area contributed by atoms with Crippen LogP contribution in [0.15, 0.2) is 29.2 Å². The van der Waals surface area contributed by atoms with Crippen molar-refractivity contribution in [2.75, 3.05) is 18.8 Å². The molecule has 0 radical (unpaired) electrons. The number of hydrogen-bond acceptors (Lipinski definition) is 5. The molecule has 110 valence electrons. The third-order valence-corrected chi connectivity index (χ3v) is 4.55. The van der Waals surface area contributed by atoms with E-state index in [1.54, 1.807) is 23.7 Å². The zero-order valence-electron chi connectivity index (χ0n) is 11.7. The highest BCUT2D eigenvalue weighted by Crippen LogP contribution is 2.23. The van der Waals surface area contributed by atoms with Crippen LogP contribution in [0.25, 0.3) is 0 Å². The summed E-state index contributed by atoms with van der Waals surface area (Å²) in [7, 11) is 0. The standard InChI is InChI=1S/C15H18N4OS/c16-14-13(17-4-5-18-14)8-11-2-1-6-19(9-11)15(20)12-3-7-21-10-12/h3-5,7,10-11H,1-2,6,8-9H2,(H2,16,18). The molecule has 0 saturated carbocycles. The highest BCUT2D eigenvalue weighted by Gasteiger charge is 2.25. The molecule has 0 aromatic carbocycles. The number of rotatable bonds is 3. The summed E-state index contributed by atoms with van der Waals surface area (Å²) in [6, 6.07) is 1.89. The fraction of sp³-hybridized carbons (Fsp3) is 0.400. The zero-order valence-corrected chi connectivity index (χ0v) is 12.6. The Morgan fingerprint density at radius 3 is 3.05 bits per heavy atom. The fourth-order valence-electron chi connectivity index (χ4n) is 2.79. The Bertz CT molecular complexity index is 614.